The van der Waals surface area contributed by atoms with E-state index in [0.717, 1.165) is 43.6 Å². The van der Waals surface area contributed by atoms with Crippen LogP contribution < -0.4 is 10.6 Å². The third-order valence-corrected chi connectivity index (χ3v) is 5.14. The summed E-state index contributed by atoms with van der Waals surface area (Å²) in [5, 5.41) is 0. The van der Waals surface area contributed by atoms with Crippen LogP contribution in [0.1, 0.15) is 19.5 Å². The minimum atomic E-state index is -0.0152. The predicted molar refractivity (Wildman–Crippen MR) is 102 cm³/mol. The van der Waals surface area contributed by atoms with Crippen LogP contribution >= 0.6 is 0 Å². The number of piperazine rings is 1. The number of aromatic nitrogens is 2. The van der Waals surface area contributed by atoms with Gasteiger partial charge in [0.1, 0.15) is 0 Å². The zero-order chi connectivity index (χ0) is 17.2. The van der Waals surface area contributed by atoms with E-state index < -0.39 is 0 Å². The standard InChI is InChI=1S/C20H24N4O/c1-2-19(24-18-11-7-6-10-17(18)21-20(24)25)23-14-12-22(13-15-23)16-8-4-3-5-9-16/h3-11,19H,2,12-15H2,1H3,(H,21,25). The maximum atomic E-state index is 12.5. The highest BCUT2D eigenvalue weighted by atomic mass is 16.1. The number of fused-ring (bicyclic) bond motifs is 1. The minimum Gasteiger partial charge on any atom is -0.369 e. The molecule has 25 heavy (non-hydrogen) atoms. The van der Waals surface area contributed by atoms with E-state index in [1.807, 2.05) is 28.8 Å². The summed E-state index contributed by atoms with van der Waals surface area (Å²) in [7, 11) is 0. The van der Waals surface area contributed by atoms with Gasteiger partial charge in [-0.05, 0) is 30.7 Å². The molecule has 1 saturated heterocycles. The Kier molecular flexibility index (Phi) is 4.32. The van der Waals surface area contributed by atoms with Gasteiger partial charge in [-0.1, -0.05) is 37.3 Å². The third-order valence-electron chi connectivity index (χ3n) is 5.14. The molecular weight excluding hydrogens is 312 g/mol. The van der Waals surface area contributed by atoms with Crippen molar-refractivity contribution in [2.45, 2.75) is 19.5 Å². The Morgan fingerprint density at radius 2 is 1.64 bits per heavy atom. The number of para-hydroxylation sites is 3. The summed E-state index contributed by atoms with van der Waals surface area (Å²) in [4.78, 5) is 20.4. The normalized spacial score (nSPS) is 17.1. The third kappa shape index (κ3) is 2.96. The summed E-state index contributed by atoms with van der Waals surface area (Å²) in [5.41, 5.74) is 3.16. The van der Waals surface area contributed by atoms with Gasteiger partial charge in [0.2, 0.25) is 0 Å². The lowest BCUT2D eigenvalue weighted by atomic mass is 10.2. The van der Waals surface area contributed by atoms with Crippen molar-refractivity contribution in [2.24, 2.45) is 0 Å². The van der Waals surface area contributed by atoms with Crippen LogP contribution in [-0.2, 0) is 0 Å². The molecule has 0 saturated carbocycles. The van der Waals surface area contributed by atoms with Gasteiger partial charge in [0.15, 0.2) is 0 Å². The molecule has 1 fully saturated rings. The highest BCUT2D eigenvalue weighted by molar-refractivity contribution is 5.75. The summed E-state index contributed by atoms with van der Waals surface area (Å²) in [6, 6.07) is 18.5. The van der Waals surface area contributed by atoms with E-state index in [1.54, 1.807) is 0 Å². The van der Waals surface area contributed by atoms with Crippen LogP contribution in [0.2, 0.25) is 0 Å². The molecule has 3 aromatic rings. The van der Waals surface area contributed by atoms with Crippen molar-refractivity contribution in [1.29, 1.82) is 0 Å². The number of nitrogens with one attached hydrogen (secondary N) is 1. The van der Waals surface area contributed by atoms with E-state index >= 15 is 0 Å². The molecular formula is C20H24N4O. The van der Waals surface area contributed by atoms with E-state index in [0.29, 0.717) is 0 Å². The van der Waals surface area contributed by atoms with Gasteiger partial charge >= 0.3 is 5.69 Å². The fraction of sp³-hybridized carbons (Fsp3) is 0.350. The Bertz CT molecular complexity index is 891. The van der Waals surface area contributed by atoms with Crippen molar-refractivity contribution in [3.8, 4) is 0 Å². The van der Waals surface area contributed by atoms with E-state index in [-0.39, 0.29) is 11.9 Å². The smallest absolute Gasteiger partial charge is 0.327 e. The number of rotatable bonds is 4. The first kappa shape index (κ1) is 16.0. The molecule has 5 heteroatoms. The Balaban J connectivity index is 1.56. The quantitative estimate of drug-likeness (QED) is 0.796. The molecule has 4 rings (SSSR count). The molecule has 0 spiro atoms. The molecule has 0 aliphatic carbocycles. The number of nitrogens with zero attached hydrogens (tertiary/aromatic N) is 3. The lowest BCUT2D eigenvalue weighted by molar-refractivity contribution is 0.127. The van der Waals surface area contributed by atoms with Crippen LogP contribution in [0, 0.1) is 0 Å². The Hall–Kier alpha value is -2.53. The van der Waals surface area contributed by atoms with Gasteiger partial charge in [0.05, 0.1) is 17.2 Å². The second-order valence-corrected chi connectivity index (χ2v) is 6.56. The molecule has 5 nitrogen and oxygen atoms in total. The van der Waals surface area contributed by atoms with Gasteiger partial charge in [-0.25, -0.2) is 4.79 Å². The molecule has 1 atom stereocenters. The summed E-state index contributed by atoms with van der Waals surface area (Å²) >= 11 is 0. The maximum absolute atomic E-state index is 12.5. The Morgan fingerprint density at radius 1 is 0.960 bits per heavy atom. The molecule has 1 aliphatic rings. The molecule has 2 aromatic carbocycles. The first-order valence-corrected chi connectivity index (χ1v) is 9.01. The Labute approximate surface area is 147 Å². The van der Waals surface area contributed by atoms with Crippen LogP contribution in [0.5, 0.6) is 0 Å². The maximum Gasteiger partial charge on any atom is 0.327 e. The van der Waals surface area contributed by atoms with Gasteiger partial charge in [0.25, 0.3) is 0 Å². The van der Waals surface area contributed by atoms with Gasteiger partial charge < -0.3 is 9.88 Å². The molecule has 130 valence electrons. The largest absolute Gasteiger partial charge is 0.369 e. The summed E-state index contributed by atoms with van der Waals surface area (Å²) < 4.78 is 1.92. The van der Waals surface area contributed by atoms with Crippen molar-refractivity contribution in [3.63, 3.8) is 0 Å². The number of benzene rings is 2. The molecule has 2 heterocycles. The second-order valence-electron chi connectivity index (χ2n) is 6.56. The van der Waals surface area contributed by atoms with Crippen molar-refractivity contribution in [1.82, 2.24) is 14.5 Å². The number of imidazole rings is 1. The van der Waals surface area contributed by atoms with Gasteiger partial charge in [-0.15, -0.1) is 0 Å². The zero-order valence-electron chi connectivity index (χ0n) is 14.6. The summed E-state index contributed by atoms with van der Waals surface area (Å²) in [5.74, 6) is 0. The van der Waals surface area contributed by atoms with Crippen molar-refractivity contribution in [2.75, 3.05) is 31.1 Å². The average Bonchev–Trinajstić information content (AvgIpc) is 3.00. The second kappa shape index (κ2) is 6.76. The molecule has 1 N–H and O–H groups in total. The molecule has 1 aromatic heterocycles. The molecule has 0 radical (unpaired) electrons. The SMILES string of the molecule is CCC(N1CCN(c2ccccc2)CC1)n1c(=O)[nH]c2ccccc21. The summed E-state index contributed by atoms with van der Waals surface area (Å²) in [6.07, 6.45) is 1.01. The number of hydrogen-bond donors (Lipinski definition) is 1. The number of aromatic amines is 1. The van der Waals surface area contributed by atoms with Gasteiger partial charge in [-0.3, -0.25) is 9.47 Å². The molecule has 1 unspecified atom stereocenters. The number of anilines is 1. The van der Waals surface area contributed by atoms with Crippen molar-refractivity contribution < 1.29 is 0 Å². The fourth-order valence-corrected chi connectivity index (χ4v) is 3.89. The topological polar surface area (TPSA) is 44.3 Å². The highest BCUT2D eigenvalue weighted by Crippen LogP contribution is 2.24. The Morgan fingerprint density at radius 3 is 2.36 bits per heavy atom. The van der Waals surface area contributed by atoms with Crippen LogP contribution in [0.4, 0.5) is 5.69 Å². The minimum absolute atomic E-state index is 0.0152. The molecule has 0 amide bonds. The van der Waals surface area contributed by atoms with Gasteiger partial charge in [-0.2, -0.15) is 0 Å². The fourth-order valence-electron chi connectivity index (χ4n) is 3.89. The monoisotopic (exact) mass is 336 g/mol. The van der Waals surface area contributed by atoms with E-state index in [9.17, 15) is 4.79 Å². The van der Waals surface area contributed by atoms with Crippen LogP contribution in [0.25, 0.3) is 11.0 Å². The average molecular weight is 336 g/mol. The lowest BCUT2D eigenvalue weighted by Gasteiger charge is -2.40. The lowest BCUT2D eigenvalue weighted by Crippen LogP contribution is -2.49. The number of hydrogen-bond acceptors (Lipinski definition) is 3. The van der Waals surface area contributed by atoms with E-state index in [2.05, 4.69) is 52.0 Å². The van der Waals surface area contributed by atoms with Crippen molar-refractivity contribution in [3.05, 3.63) is 65.1 Å². The summed E-state index contributed by atoms with van der Waals surface area (Å²) in [6.45, 7) is 6.04. The number of H-pyrrole nitrogens is 1. The molecule has 0 bridgehead atoms. The predicted octanol–water partition coefficient (Wildman–Crippen LogP) is 3.06. The molecule has 1 aliphatic heterocycles. The highest BCUT2D eigenvalue weighted by Gasteiger charge is 2.26. The zero-order valence-corrected chi connectivity index (χ0v) is 14.6. The van der Waals surface area contributed by atoms with Gasteiger partial charge in [0, 0.05) is 31.9 Å². The van der Waals surface area contributed by atoms with Crippen molar-refractivity contribution >= 4 is 16.7 Å². The first-order chi connectivity index (χ1) is 12.3. The van der Waals surface area contributed by atoms with E-state index in [4.69, 9.17) is 0 Å². The van der Waals surface area contributed by atoms with Crippen LogP contribution in [0.15, 0.2) is 59.4 Å². The first-order valence-electron chi connectivity index (χ1n) is 9.01. The van der Waals surface area contributed by atoms with E-state index in [1.165, 1.54) is 5.69 Å². The van der Waals surface area contributed by atoms with Crippen LogP contribution in [-0.4, -0.2) is 40.6 Å². The van der Waals surface area contributed by atoms with Crippen LogP contribution in [0.3, 0.4) is 0 Å².